The van der Waals surface area contributed by atoms with Crippen LogP contribution in [0.2, 0.25) is 0 Å². The first-order chi connectivity index (χ1) is 10.6. The van der Waals surface area contributed by atoms with Crippen LogP contribution in [0.4, 0.5) is 0 Å². The van der Waals surface area contributed by atoms with E-state index >= 15 is 0 Å². The van der Waals surface area contributed by atoms with E-state index in [9.17, 15) is 9.59 Å². The molecule has 2 aliphatic heterocycles. The van der Waals surface area contributed by atoms with Crippen molar-refractivity contribution in [3.05, 3.63) is 35.9 Å². The minimum Gasteiger partial charge on any atom is -0.303 e. The predicted octanol–water partition coefficient (Wildman–Crippen LogP) is 2.19. The largest absolute Gasteiger partial charge is 0.303 e. The van der Waals surface area contributed by atoms with Crippen molar-refractivity contribution in [3.63, 3.8) is 0 Å². The highest BCUT2D eigenvalue weighted by atomic mass is 16.2. The molecular formula is C18H24N2O2. The number of hydrogen-bond donors (Lipinski definition) is 0. The van der Waals surface area contributed by atoms with E-state index in [4.69, 9.17) is 0 Å². The molecule has 3 rings (SSSR count). The zero-order chi connectivity index (χ0) is 15.6. The van der Waals surface area contributed by atoms with Gasteiger partial charge in [-0.05, 0) is 44.5 Å². The summed E-state index contributed by atoms with van der Waals surface area (Å²) in [4.78, 5) is 28.7. The highest BCUT2D eigenvalue weighted by Crippen LogP contribution is 2.39. The molecule has 0 aromatic heterocycles. The summed E-state index contributed by atoms with van der Waals surface area (Å²) in [6.07, 6.45) is 4.82. The summed E-state index contributed by atoms with van der Waals surface area (Å²) in [5.74, 6) is -0.104. The molecule has 1 aromatic rings. The molecule has 2 amide bonds. The Labute approximate surface area is 132 Å². The number of hydrogen-bond acceptors (Lipinski definition) is 3. The summed E-state index contributed by atoms with van der Waals surface area (Å²) < 4.78 is 0. The summed E-state index contributed by atoms with van der Waals surface area (Å²) in [6.45, 7) is 3.12. The van der Waals surface area contributed by atoms with Crippen molar-refractivity contribution >= 4 is 11.8 Å². The van der Waals surface area contributed by atoms with E-state index in [2.05, 4.69) is 4.90 Å². The SMILES string of the molecule is CN1C(=O)C[C@](CCN2CCCCC2)(c2ccccc2)C1=O. The second-order valence-electron chi connectivity index (χ2n) is 6.54. The van der Waals surface area contributed by atoms with Gasteiger partial charge in [-0.25, -0.2) is 0 Å². The summed E-state index contributed by atoms with van der Waals surface area (Å²) in [7, 11) is 1.61. The third-order valence-electron chi connectivity index (χ3n) is 5.17. The van der Waals surface area contributed by atoms with Crippen LogP contribution in [0, 0.1) is 0 Å². The lowest BCUT2D eigenvalue weighted by atomic mass is 9.76. The Morgan fingerprint density at radius 2 is 1.73 bits per heavy atom. The van der Waals surface area contributed by atoms with Crippen molar-refractivity contribution in [2.24, 2.45) is 0 Å². The fraction of sp³-hybridized carbons (Fsp3) is 0.556. The number of nitrogens with zero attached hydrogens (tertiary/aromatic N) is 2. The molecule has 2 saturated heterocycles. The summed E-state index contributed by atoms with van der Waals surface area (Å²) in [5, 5.41) is 0. The molecule has 118 valence electrons. The maximum atomic E-state index is 12.8. The molecule has 0 unspecified atom stereocenters. The normalized spacial score (nSPS) is 26.7. The quantitative estimate of drug-likeness (QED) is 0.800. The number of likely N-dealkylation sites (tertiary alicyclic amines) is 2. The highest BCUT2D eigenvalue weighted by molar-refractivity contribution is 6.08. The Hall–Kier alpha value is -1.68. The third kappa shape index (κ3) is 2.68. The van der Waals surface area contributed by atoms with Crippen molar-refractivity contribution in [2.45, 2.75) is 37.5 Å². The van der Waals surface area contributed by atoms with Crippen LogP contribution in [0.25, 0.3) is 0 Å². The topological polar surface area (TPSA) is 40.6 Å². The van der Waals surface area contributed by atoms with Crippen LogP contribution in [-0.2, 0) is 15.0 Å². The summed E-state index contributed by atoms with van der Waals surface area (Å²) >= 11 is 0. The molecule has 0 radical (unpaired) electrons. The van der Waals surface area contributed by atoms with Crippen LogP contribution in [0.3, 0.4) is 0 Å². The standard InChI is InChI=1S/C18H24N2O2/c1-19-16(21)14-18(17(19)22,15-8-4-2-5-9-15)10-13-20-11-6-3-7-12-20/h2,4-5,8-9H,3,6-7,10-14H2,1H3/t18-/m1/s1. The molecule has 0 aliphatic carbocycles. The van der Waals surface area contributed by atoms with Crippen LogP contribution in [0.1, 0.15) is 37.7 Å². The van der Waals surface area contributed by atoms with E-state index in [1.165, 1.54) is 24.2 Å². The molecule has 2 aliphatic rings. The Morgan fingerprint density at radius 3 is 2.32 bits per heavy atom. The van der Waals surface area contributed by atoms with E-state index in [-0.39, 0.29) is 11.8 Å². The minimum atomic E-state index is -0.662. The van der Waals surface area contributed by atoms with Gasteiger partial charge < -0.3 is 4.90 Å². The number of imide groups is 1. The van der Waals surface area contributed by atoms with Crippen molar-refractivity contribution in [1.82, 2.24) is 9.80 Å². The molecule has 22 heavy (non-hydrogen) atoms. The van der Waals surface area contributed by atoms with Gasteiger partial charge in [-0.3, -0.25) is 14.5 Å². The molecule has 2 heterocycles. The number of amides is 2. The number of carbonyl (C=O) groups is 2. The van der Waals surface area contributed by atoms with Crippen molar-refractivity contribution in [1.29, 1.82) is 0 Å². The Morgan fingerprint density at radius 1 is 1.05 bits per heavy atom. The third-order valence-corrected chi connectivity index (χ3v) is 5.17. The molecule has 0 spiro atoms. The van der Waals surface area contributed by atoms with E-state index in [1.807, 2.05) is 30.3 Å². The number of benzene rings is 1. The Balaban J connectivity index is 1.84. The lowest BCUT2D eigenvalue weighted by Gasteiger charge is -2.32. The molecular weight excluding hydrogens is 276 g/mol. The molecule has 4 nitrogen and oxygen atoms in total. The number of carbonyl (C=O) groups excluding carboxylic acids is 2. The van der Waals surface area contributed by atoms with Gasteiger partial charge in [-0.15, -0.1) is 0 Å². The number of rotatable bonds is 4. The van der Waals surface area contributed by atoms with Gasteiger partial charge in [-0.1, -0.05) is 36.8 Å². The Kier molecular flexibility index (Phi) is 4.30. The van der Waals surface area contributed by atoms with Gasteiger partial charge >= 0.3 is 0 Å². The van der Waals surface area contributed by atoms with E-state index < -0.39 is 5.41 Å². The highest BCUT2D eigenvalue weighted by Gasteiger charge is 2.50. The first kappa shape index (κ1) is 15.2. The molecule has 1 aromatic carbocycles. The number of piperidine rings is 1. The van der Waals surface area contributed by atoms with E-state index in [0.717, 1.165) is 31.6 Å². The van der Waals surface area contributed by atoms with Gasteiger partial charge in [0.1, 0.15) is 0 Å². The van der Waals surface area contributed by atoms with Crippen LogP contribution < -0.4 is 0 Å². The molecule has 1 atom stereocenters. The van der Waals surface area contributed by atoms with Gasteiger partial charge in [0.2, 0.25) is 11.8 Å². The second-order valence-corrected chi connectivity index (χ2v) is 6.54. The Bertz CT molecular complexity index is 551. The molecule has 0 bridgehead atoms. The smallest absolute Gasteiger partial charge is 0.240 e. The predicted molar refractivity (Wildman–Crippen MR) is 85.4 cm³/mol. The maximum Gasteiger partial charge on any atom is 0.240 e. The van der Waals surface area contributed by atoms with Gasteiger partial charge in [0.05, 0.1) is 5.41 Å². The van der Waals surface area contributed by atoms with E-state index in [0.29, 0.717) is 6.42 Å². The number of likely N-dealkylation sites (N-methyl/N-ethyl adjacent to an activating group) is 1. The van der Waals surface area contributed by atoms with E-state index in [1.54, 1.807) is 7.05 Å². The zero-order valence-corrected chi connectivity index (χ0v) is 13.3. The van der Waals surface area contributed by atoms with Gasteiger partial charge in [-0.2, -0.15) is 0 Å². The average Bonchev–Trinajstić information content (AvgIpc) is 2.80. The van der Waals surface area contributed by atoms with Crippen LogP contribution in [0.5, 0.6) is 0 Å². The van der Waals surface area contributed by atoms with Gasteiger partial charge in [0.25, 0.3) is 0 Å². The summed E-state index contributed by atoms with van der Waals surface area (Å²) in [6, 6.07) is 9.83. The van der Waals surface area contributed by atoms with Crippen LogP contribution in [-0.4, -0.2) is 48.3 Å². The second kappa shape index (κ2) is 6.21. The van der Waals surface area contributed by atoms with Crippen molar-refractivity contribution in [3.8, 4) is 0 Å². The minimum absolute atomic E-state index is 0.0410. The monoisotopic (exact) mass is 300 g/mol. The lowest BCUT2D eigenvalue weighted by Crippen LogP contribution is -2.41. The lowest BCUT2D eigenvalue weighted by molar-refractivity contribution is -0.138. The zero-order valence-electron chi connectivity index (χ0n) is 13.3. The molecule has 0 saturated carbocycles. The van der Waals surface area contributed by atoms with Gasteiger partial charge in [0, 0.05) is 13.5 Å². The molecule has 2 fully saturated rings. The van der Waals surface area contributed by atoms with Crippen molar-refractivity contribution < 1.29 is 9.59 Å². The fourth-order valence-corrected chi connectivity index (χ4v) is 3.74. The maximum absolute atomic E-state index is 12.8. The van der Waals surface area contributed by atoms with Crippen LogP contribution in [0.15, 0.2) is 30.3 Å². The molecule has 4 heteroatoms. The van der Waals surface area contributed by atoms with Gasteiger partial charge in [0.15, 0.2) is 0 Å². The summed E-state index contributed by atoms with van der Waals surface area (Å²) in [5.41, 5.74) is 0.319. The van der Waals surface area contributed by atoms with Crippen molar-refractivity contribution in [2.75, 3.05) is 26.7 Å². The fourth-order valence-electron chi connectivity index (χ4n) is 3.74. The molecule has 0 N–H and O–H groups in total. The van der Waals surface area contributed by atoms with Crippen LogP contribution >= 0.6 is 0 Å². The first-order valence-corrected chi connectivity index (χ1v) is 8.22. The average molecular weight is 300 g/mol. The first-order valence-electron chi connectivity index (χ1n) is 8.22.